The van der Waals surface area contributed by atoms with E-state index >= 15 is 0 Å². The molecule has 1 saturated heterocycles. The third-order valence-corrected chi connectivity index (χ3v) is 6.53. The third kappa shape index (κ3) is 4.51. The smallest absolute Gasteiger partial charge is 0.263 e. The number of hydrogen-bond donors (Lipinski definition) is 0. The van der Waals surface area contributed by atoms with E-state index in [-0.39, 0.29) is 37.0 Å². The highest BCUT2D eigenvalue weighted by Gasteiger charge is 2.32. The predicted octanol–water partition coefficient (Wildman–Crippen LogP) is 2.43. The number of carbonyl (C=O) groups excluding carboxylic acids is 1. The molecule has 1 heterocycles. The molecule has 0 unspecified atom stereocenters. The summed E-state index contributed by atoms with van der Waals surface area (Å²) in [6.07, 6.45) is -0.673. The average molecular weight is 406 g/mol. The molecule has 6 nitrogen and oxygen atoms in total. The van der Waals surface area contributed by atoms with Gasteiger partial charge in [-0.15, -0.1) is 0 Å². The molecule has 1 atom stereocenters. The number of rotatable bonds is 5. The van der Waals surface area contributed by atoms with E-state index in [0.717, 1.165) is 11.6 Å². The molecule has 0 aromatic heterocycles. The van der Waals surface area contributed by atoms with Gasteiger partial charge in [0, 0.05) is 26.2 Å². The van der Waals surface area contributed by atoms with Crippen molar-refractivity contribution in [2.75, 3.05) is 26.2 Å². The minimum absolute atomic E-state index is 0.0802. The lowest BCUT2D eigenvalue weighted by atomic mass is 10.2. The van der Waals surface area contributed by atoms with E-state index in [9.17, 15) is 17.6 Å². The van der Waals surface area contributed by atoms with E-state index < -0.39 is 21.9 Å². The van der Waals surface area contributed by atoms with Gasteiger partial charge in [-0.3, -0.25) is 4.79 Å². The number of ether oxygens (including phenoxy) is 1. The number of hydrogen-bond acceptors (Lipinski definition) is 4. The first-order valence-electron chi connectivity index (χ1n) is 9.05. The van der Waals surface area contributed by atoms with Crippen LogP contribution in [0.25, 0.3) is 0 Å². The second-order valence-electron chi connectivity index (χ2n) is 6.76. The first kappa shape index (κ1) is 20.3. The van der Waals surface area contributed by atoms with Crippen LogP contribution in [0, 0.1) is 12.7 Å². The van der Waals surface area contributed by atoms with Gasteiger partial charge in [-0.05, 0) is 49.7 Å². The average Bonchev–Trinajstić information content (AvgIpc) is 2.67. The van der Waals surface area contributed by atoms with Gasteiger partial charge in [0.1, 0.15) is 11.6 Å². The summed E-state index contributed by atoms with van der Waals surface area (Å²) >= 11 is 0. The largest absolute Gasteiger partial charge is 0.481 e. The summed E-state index contributed by atoms with van der Waals surface area (Å²) < 4.78 is 45.7. The molecule has 0 saturated carbocycles. The first-order valence-corrected chi connectivity index (χ1v) is 10.5. The Balaban J connectivity index is 1.60. The van der Waals surface area contributed by atoms with Gasteiger partial charge in [0.05, 0.1) is 4.90 Å². The lowest BCUT2D eigenvalue weighted by molar-refractivity contribution is -0.139. The number of sulfonamides is 1. The summed E-state index contributed by atoms with van der Waals surface area (Å²) in [6.45, 7) is 4.45. The van der Waals surface area contributed by atoms with E-state index in [4.69, 9.17) is 4.74 Å². The van der Waals surface area contributed by atoms with Crippen molar-refractivity contribution in [2.45, 2.75) is 24.8 Å². The van der Waals surface area contributed by atoms with Crippen LogP contribution in [0.2, 0.25) is 0 Å². The minimum atomic E-state index is -3.78. The molecule has 1 aliphatic rings. The van der Waals surface area contributed by atoms with Crippen molar-refractivity contribution in [3.63, 3.8) is 0 Å². The molecule has 1 fully saturated rings. The fraction of sp³-hybridized carbons (Fsp3) is 0.350. The standard InChI is InChI=1S/C20H23FN2O4S/c1-15-5-3-7-18(13-15)27-16(2)20(24)22-9-11-23(12-10-22)28(25,26)19-8-4-6-17(21)14-19/h3-8,13-14,16H,9-12H2,1-2H3/t16-/m0/s1. The SMILES string of the molecule is Cc1cccc(O[C@@H](C)C(=O)N2CCN(S(=O)(=O)c3cccc(F)c3)CC2)c1. The highest BCUT2D eigenvalue weighted by atomic mass is 32.2. The molecule has 2 aromatic rings. The van der Waals surface area contributed by atoms with E-state index in [0.29, 0.717) is 5.75 Å². The molecule has 150 valence electrons. The Labute approximate surface area is 164 Å². The van der Waals surface area contributed by atoms with Gasteiger partial charge in [0.25, 0.3) is 5.91 Å². The Morgan fingerprint density at radius 3 is 2.39 bits per heavy atom. The fourth-order valence-corrected chi connectivity index (χ4v) is 4.58. The van der Waals surface area contributed by atoms with Crippen LogP contribution in [0.3, 0.4) is 0 Å². The summed E-state index contributed by atoms with van der Waals surface area (Å²) in [5.41, 5.74) is 1.04. The summed E-state index contributed by atoms with van der Waals surface area (Å²) in [5, 5.41) is 0. The molecule has 1 amide bonds. The van der Waals surface area contributed by atoms with Crippen molar-refractivity contribution in [1.82, 2.24) is 9.21 Å². The number of carbonyl (C=O) groups is 1. The number of nitrogens with zero attached hydrogens (tertiary/aromatic N) is 2. The van der Waals surface area contributed by atoms with E-state index in [1.165, 1.54) is 22.5 Å². The fourth-order valence-electron chi connectivity index (χ4n) is 3.13. The zero-order valence-electron chi connectivity index (χ0n) is 15.8. The van der Waals surface area contributed by atoms with Crippen LogP contribution < -0.4 is 4.74 Å². The predicted molar refractivity (Wildman–Crippen MR) is 103 cm³/mol. The van der Waals surface area contributed by atoms with Crippen LogP contribution in [-0.2, 0) is 14.8 Å². The number of halogens is 1. The molecule has 1 aliphatic heterocycles. The van der Waals surface area contributed by atoms with Crippen LogP contribution in [0.1, 0.15) is 12.5 Å². The molecule has 0 spiro atoms. The van der Waals surface area contributed by atoms with Crippen molar-refractivity contribution in [3.05, 3.63) is 59.9 Å². The molecular formula is C20H23FN2O4S. The maximum atomic E-state index is 13.4. The van der Waals surface area contributed by atoms with E-state index in [1.807, 2.05) is 25.1 Å². The van der Waals surface area contributed by atoms with Gasteiger partial charge in [-0.2, -0.15) is 4.31 Å². The summed E-state index contributed by atoms with van der Waals surface area (Å²) in [5.74, 6) is -0.172. The van der Waals surface area contributed by atoms with Crippen LogP contribution in [0.15, 0.2) is 53.4 Å². The molecule has 2 aromatic carbocycles. The van der Waals surface area contributed by atoms with E-state index in [2.05, 4.69) is 0 Å². The monoisotopic (exact) mass is 406 g/mol. The van der Waals surface area contributed by atoms with Gasteiger partial charge in [-0.25, -0.2) is 12.8 Å². The molecule has 3 rings (SSSR count). The number of aryl methyl sites for hydroxylation is 1. The Hall–Kier alpha value is -2.45. The summed E-state index contributed by atoms with van der Waals surface area (Å²) in [6, 6.07) is 12.4. The van der Waals surface area contributed by atoms with Crippen molar-refractivity contribution in [2.24, 2.45) is 0 Å². The minimum Gasteiger partial charge on any atom is -0.481 e. The lowest BCUT2D eigenvalue weighted by Gasteiger charge is -2.35. The Morgan fingerprint density at radius 1 is 1.07 bits per heavy atom. The van der Waals surface area contributed by atoms with Crippen molar-refractivity contribution >= 4 is 15.9 Å². The summed E-state index contributed by atoms with van der Waals surface area (Å²) in [4.78, 5) is 14.2. The molecule has 28 heavy (non-hydrogen) atoms. The third-order valence-electron chi connectivity index (χ3n) is 4.63. The Kier molecular flexibility index (Phi) is 6.00. The topological polar surface area (TPSA) is 66.9 Å². The highest BCUT2D eigenvalue weighted by molar-refractivity contribution is 7.89. The molecule has 0 aliphatic carbocycles. The quantitative estimate of drug-likeness (QED) is 0.765. The van der Waals surface area contributed by atoms with Crippen molar-refractivity contribution in [3.8, 4) is 5.75 Å². The zero-order chi connectivity index (χ0) is 20.3. The number of amides is 1. The lowest BCUT2D eigenvalue weighted by Crippen LogP contribution is -2.53. The maximum absolute atomic E-state index is 13.4. The molecule has 8 heteroatoms. The van der Waals surface area contributed by atoms with Crippen LogP contribution >= 0.6 is 0 Å². The van der Waals surface area contributed by atoms with Gasteiger partial charge >= 0.3 is 0 Å². The van der Waals surface area contributed by atoms with Crippen LogP contribution in [0.4, 0.5) is 4.39 Å². The van der Waals surface area contributed by atoms with Gasteiger partial charge in [-0.1, -0.05) is 18.2 Å². The number of piperazine rings is 1. The zero-order valence-corrected chi connectivity index (χ0v) is 16.7. The maximum Gasteiger partial charge on any atom is 0.263 e. The van der Waals surface area contributed by atoms with Crippen LogP contribution in [-0.4, -0.2) is 55.8 Å². The second kappa shape index (κ2) is 8.28. The first-order chi connectivity index (χ1) is 13.3. The highest BCUT2D eigenvalue weighted by Crippen LogP contribution is 2.20. The van der Waals surface area contributed by atoms with Crippen molar-refractivity contribution in [1.29, 1.82) is 0 Å². The molecule has 0 N–H and O–H groups in total. The van der Waals surface area contributed by atoms with E-state index in [1.54, 1.807) is 17.9 Å². The van der Waals surface area contributed by atoms with Gasteiger partial charge in [0.2, 0.25) is 10.0 Å². The number of benzene rings is 2. The Bertz CT molecular complexity index is 956. The van der Waals surface area contributed by atoms with Crippen molar-refractivity contribution < 1.29 is 22.3 Å². The molecule has 0 radical (unpaired) electrons. The van der Waals surface area contributed by atoms with Gasteiger partial charge < -0.3 is 9.64 Å². The second-order valence-corrected chi connectivity index (χ2v) is 8.70. The molecule has 0 bridgehead atoms. The Morgan fingerprint density at radius 2 is 1.75 bits per heavy atom. The van der Waals surface area contributed by atoms with Gasteiger partial charge in [0.15, 0.2) is 6.10 Å². The normalized spacial score (nSPS) is 16.6. The van der Waals surface area contributed by atoms with Crippen LogP contribution in [0.5, 0.6) is 5.75 Å². The molecular weight excluding hydrogens is 383 g/mol. The summed E-state index contributed by atoms with van der Waals surface area (Å²) in [7, 11) is -3.78.